The first kappa shape index (κ1) is 34.3. The van der Waals surface area contributed by atoms with Gasteiger partial charge < -0.3 is 10.7 Å². The van der Waals surface area contributed by atoms with Gasteiger partial charge in [-0.25, -0.2) is 0 Å². The first-order valence-corrected chi connectivity index (χ1v) is 14.5. The fourth-order valence-electron chi connectivity index (χ4n) is 4.75. The summed E-state index contributed by atoms with van der Waals surface area (Å²) < 4.78 is 0. The molecule has 11 heteroatoms. The molecule has 0 bridgehead atoms. The van der Waals surface area contributed by atoms with E-state index < -0.39 is 18.0 Å². The normalized spacial score (nSPS) is 15.2. The zero-order chi connectivity index (χ0) is 32.1. The summed E-state index contributed by atoms with van der Waals surface area (Å²) in [5.74, 6) is -0.715. The van der Waals surface area contributed by atoms with Crippen LogP contribution in [0, 0.1) is 20.8 Å². The van der Waals surface area contributed by atoms with Gasteiger partial charge in [0.15, 0.2) is 6.04 Å². The standard InChI is InChI=1S/C35H33N8O2.Y/c1-21-11-15-29(16-12-21)43-35(45)33(25(5)42-43)41-39-31-18-14-27(20-23(31)3)26-13-17-30(22(2)19-26)38-40-32(24(4)36)34(44)37-28-9-7-6-8-10-28;/h6-20,32-33H,1-5H3,(H,37,44);/q-1;. The van der Waals surface area contributed by atoms with Crippen LogP contribution in [0.25, 0.3) is 16.5 Å². The molecule has 229 valence electrons. The maximum absolute atomic E-state index is 13.0. The molecule has 5 rings (SSSR count). The van der Waals surface area contributed by atoms with E-state index in [-0.39, 0.29) is 44.3 Å². The molecule has 0 saturated carbocycles. The second-order valence-electron chi connectivity index (χ2n) is 11.0. The van der Waals surface area contributed by atoms with Gasteiger partial charge >= 0.3 is 0 Å². The van der Waals surface area contributed by atoms with Crippen molar-refractivity contribution < 1.29 is 42.3 Å². The minimum atomic E-state index is -1.14. The molecule has 1 aliphatic heterocycles. The summed E-state index contributed by atoms with van der Waals surface area (Å²) >= 11 is 0. The molecular weight excluding hydrogens is 653 g/mol. The van der Waals surface area contributed by atoms with Crippen molar-refractivity contribution in [3.8, 4) is 11.1 Å². The molecule has 1 radical (unpaired) electrons. The van der Waals surface area contributed by atoms with E-state index in [0.29, 0.717) is 28.5 Å². The number of amides is 2. The summed E-state index contributed by atoms with van der Waals surface area (Å²) in [5, 5.41) is 35.8. The van der Waals surface area contributed by atoms with E-state index in [4.69, 9.17) is 0 Å². The number of hydrazone groups is 1. The summed E-state index contributed by atoms with van der Waals surface area (Å²) in [4.78, 5) is 25.8. The quantitative estimate of drug-likeness (QED) is 0.140. The minimum Gasteiger partial charge on any atom is -0.809 e. The van der Waals surface area contributed by atoms with Crippen LogP contribution in [0.4, 0.5) is 22.7 Å². The molecule has 4 aromatic rings. The Morgan fingerprint density at radius 3 is 2.00 bits per heavy atom. The van der Waals surface area contributed by atoms with Gasteiger partial charge in [-0.1, -0.05) is 55.0 Å². The molecule has 1 heterocycles. The fourth-order valence-corrected chi connectivity index (χ4v) is 4.75. The first-order chi connectivity index (χ1) is 21.6. The van der Waals surface area contributed by atoms with Gasteiger partial charge in [-0.2, -0.15) is 36.3 Å². The number of azo groups is 2. The van der Waals surface area contributed by atoms with Crippen molar-refractivity contribution in [2.75, 3.05) is 10.3 Å². The molecule has 1 aliphatic rings. The molecule has 2 amide bonds. The first-order valence-electron chi connectivity index (χ1n) is 14.5. The van der Waals surface area contributed by atoms with Gasteiger partial charge in [-0.15, -0.1) is 0 Å². The van der Waals surface area contributed by atoms with Crippen LogP contribution in [0.15, 0.2) is 117 Å². The van der Waals surface area contributed by atoms with Crippen LogP contribution in [0.3, 0.4) is 0 Å². The maximum Gasteiger partial charge on any atom is 0.280 e. The number of hydrogen-bond acceptors (Lipinski definition) is 7. The Morgan fingerprint density at radius 2 is 1.43 bits per heavy atom. The smallest absolute Gasteiger partial charge is 0.280 e. The Balaban J connectivity index is 0.00000480. The molecule has 0 aliphatic carbocycles. The second kappa shape index (κ2) is 15.2. The predicted octanol–water partition coefficient (Wildman–Crippen LogP) is 8.27. The number of rotatable bonds is 9. The summed E-state index contributed by atoms with van der Waals surface area (Å²) in [6.07, 6.45) is 0. The van der Waals surface area contributed by atoms with Gasteiger partial charge in [0.05, 0.1) is 22.8 Å². The van der Waals surface area contributed by atoms with E-state index in [2.05, 4.69) is 30.9 Å². The van der Waals surface area contributed by atoms with Gasteiger partial charge in [0.1, 0.15) is 6.04 Å². The van der Waals surface area contributed by atoms with Crippen LogP contribution < -0.4 is 10.3 Å². The number of para-hydroxylation sites is 1. The van der Waals surface area contributed by atoms with Crippen LogP contribution in [-0.4, -0.2) is 35.3 Å². The molecule has 10 nitrogen and oxygen atoms in total. The molecule has 46 heavy (non-hydrogen) atoms. The van der Waals surface area contributed by atoms with Crippen molar-refractivity contribution in [3.63, 3.8) is 0 Å². The molecule has 4 aromatic carbocycles. The number of carbonyl (C=O) groups excluding carboxylic acids is 2. The van der Waals surface area contributed by atoms with Crippen LogP contribution in [0.5, 0.6) is 0 Å². The van der Waals surface area contributed by atoms with Gasteiger partial charge in [-0.3, -0.25) is 9.59 Å². The minimum absolute atomic E-state index is 0. The third-order valence-corrected chi connectivity index (χ3v) is 7.35. The molecular formula is C35H33N8O2Y-. The zero-order valence-electron chi connectivity index (χ0n) is 26.3. The molecule has 2 unspecified atom stereocenters. The van der Waals surface area contributed by atoms with E-state index in [1.807, 2.05) is 87.5 Å². The average Bonchev–Trinajstić information content (AvgIpc) is 3.30. The Hall–Kier alpha value is -4.54. The van der Waals surface area contributed by atoms with Gasteiger partial charge in [0, 0.05) is 38.4 Å². The fraction of sp³-hybridized carbons (Fsp3) is 0.200. The Labute approximate surface area is 293 Å². The van der Waals surface area contributed by atoms with Crippen LogP contribution in [0.1, 0.15) is 30.5 Å². The van der Waals surface area contributed by atoms with Crippen molar-refractivity contribution in [2.45, 2.75) is 46.7 Å². The Bertz CT molecular complexity index is 1850. The number of aryl methyl sites for hydroxylation is 3. The number of nitrogens with one attached hydrogen (secondary N) is 1. The van der Waals surface area contributed by atoms with Gasteiger partial charge in [0.25, 0.3) is 11.8 Å². The zero-order valence-corrected chi connectivity index (χ0v) is 29.2. The van der Waals surface area contributed by atoms with E-state index in [1.165, 1.54) is 11.9 Å². The van der Waals surface area contributed by atoms with E-state index in [1.54, 1.807) is 31.2 Å². The van der Waals surface area contributed by atoms with Gasteiger partial charge in [-0.05, 0) is 98.5 Å². The largest absolute Gasteiger partial charge is 0.809 e. The van der Waals surface area contributed by atoms with E-state index >= 15 is 0 Å². The molecule has 0 fully saturated rings. The Morgan fingerprint density at radius 1 is 0.848 bits per heavy atom. The molecule has 0 aromatic heterocycles. The number of benzene rings is 4. The van der Waals surface area contributed by atoms with Crippen molar-refractivity contribution in [3.05, 3.63) is 113 Å². The summed E-state index contributed by atoms with van der Waals surface area (Å²) in [6, 6.07) is 26.2. The van der Waals surface area contributed by atoms with E-state index in [0.717, 1.165) is 27.8 Å². The number of carbonyl (C=O) groups is 2. The molecule has 1 N–H and O–H groups in total. The number of hydrogen-bond donors (Lipinski definition) is 1. The third kappa shape index (κ3) is 7.99. The molecule has 0 spiro atoms. The van der Waals surface area contributed by atoms with Crippen molar-refractivity contribution >= 4 is 46.0 Å². The predicted molar refractivity (Wildman–Crippen MR) is 179 cm³/mol. The average molecular weight is 687 g/mol. The number of nitrogens with zero attached hydrogens (tertiary/aromatic N) is 7. The monoisotopic (exact) mass is 686 g/mol. The van der Waals surface area contributed by atoms with Crippen molar-refractivity contribution in [1.29, 1.82) is 0 Å². The van der Waals surface area contributed by atoms with Crippen LogP contribution >= 0.6 is 0 Å². The molecule has 2 atom stereocenters. The summed E-state index contributed by atoms with van der Waals surface area (Å²) in [5.41, 5.74) is 7.75. The van der Waals surface area contributed by atoms with Crippen molar-refractivity contribution in [2.24, 2.45) is 25.6 Å². The molecule has 0 saturated heterocycles. The SMILES string of the molecule is CC(=[N-])C(N=Nc1ccc(-c2ccc(N=NC3C(=O)N(c4ccc(C)cc4)N=C3C)c(C)c2)cc1C)C(=O)Nc1ccccc1.[Y]. The van der Waals surface area contributed by atoms with Gasteiger partial charge in [0.2, 0.25) is 0 Å². The van der Waals surface area contributed by atoms with Crippen LogP contribution in [-0.2, 0) is 42.3 Å². The maximum atomic E-state index is 13.0. The Kier molecular flexibility index (Phi) is 11.3. The topological polar surface area (TPSA) is 134 Å². The van der Waals surface area contributed by atoms with E-state index in [9.17, 15) is 15.0 Å². The second-order valence-corrected chi connectivity index (χ2v) is 11.0. The summed E-state index contributed by atoms with van der Waals surface area (Å²) in [6.45, 7) is 9.04. The third-order valence-electron chi connectivity index (χ3n) is 7.35. The van der Waals surface area contributed by atoms with Crippen molar-refractivity contribution in [1.82, 2.24) is 0 Å². The van der Waals surface area contributed by atoms with Crippen LogP contribution in [0.2, 0.25) is 0 Å². The summed E-state index contributed by atoms with van der Waals surface area (Å²) in [7, 11) is 0. The number of anilines is 2.